The lowest BCUT2D eigenvalue weighted by Gasteiger charge is -2.14. The maximum absolute atomic E-state index is 12.9. The Labute approximate surface area is 204 Å². The van der Waals surface area contributed by atoms with Gasteiger partial charge in [-0.15, -0.1) is 0 Å². The van der Waals surface area contributed by atoms with Crippen molar-refractivity contribution in [3.8, 4) is 11.5 Å². The molecule has 1 heterocycles. The van der Waals surface area contributed by atoms with Gasteiger partial charge < -0.3 is 9.47 Å². The zero-order chi connectivity index (χ0) is 23.2. The lowest BCUT2D eigenvalue weighted by atomic mass is 10.1. The molecule has 8 heteroatoms. The number of hydrogen-bond donors (Lipinski definition) is 1. The first-order valence-corrected chi connectivity index (χ1v) is 11.4. The van der Waals surface area contributed by atoms with Gasteiger partial charge in [0.25, 0.3) is 11.8 Å². The Morgan fingerprint density at radius 2 is 1.67 bits per heavy atom. The molecule has 3 aromatic rings. The molecule has 1 N–H and O–H groups in total. The second-order valence-electron chi connectivity index (χ2n) is 7.16. The van der Waals surface area contributed by atoms with Crippen molar-refractivity contribution in [2.45, 2.75) is 6.42 Å². The Morgan fingerprint density at radius 1 is 0.939 bits per heavy atom. The van der Waals surface area contributed by atoms with Crippen molar-refractivity contribution in [2.75, 3.05) is 18.2 Å². The largest absolute Gasteiger partial charge is 0.493 e. The number of hydrazine groups is 1. The fourth-order valence-corrected chi connectivity index (χ4v) is 3.70. The van der Waals surface area contributed by atoms with Crippen molar-refractivity contribution in [2.24, 2.45) is 0 Å². The number of anilines is 1. The molecule has 2 amide bonds. The summed E-state index contributed by atoms with van der Waals surface area (Å²) in [6.45, 7) is 0.878. The highest BCUT2D eigenvalue weighted by Gasteiger charge is 2.34. The maximum atomic E-state index is 12.9. The van der Waals surface area contributed by atoms with Crippen LogP contribution in [0.4, 0.5) is 5.69 Å². The van der Waals surface area contributed by atoms with Crippen LogP contribution in [-0.4, -0.2) is 25.0 Å². The van der Waals surface area contributed by atoms with E-state index >= 15 is 0 Å². The van der Waals surface area contributed by atoms with Crippen LogP contribution in [0.1, 0.15) is 12.0 Å². The van der Waals surface area contributed by atoms with Gasteiger partial charge in [-0.1, -0.05) is 45.7 Å². The lowest BCUT2D eigenvalue weighted by molar-refractivity contribution is -0.117. The van der Waals surface area contributed by atoms with Crippen LogP contribution in [0.3, 0.4) is 0 Å². The van der Waals surface area contributed by atoms with E-state index in [0.717, 1.165) is 10.2 Å². The predicted molar refractivity (Wildman–Crippen MR) is 131 cm³/mol. The average Bonchev–Trinajstić information content (AvgIpc) is 3.10. The second-order valence-corrected chi connectivity index (χ2v) is 8.51. The first-order chi connectivity index (χ1) is 16.0. The summed E-state index contributed by atoms with van der Waals surface area (Å²) >= 11 is 9.31. The molecule has 1 aliphatic heterocycles. The molecule has 1 saturated heterocycles. The number of benzene rings is 3. The van der Waals surface area contributed by atoms with Crippen molar-refractivity contribution in [3.05, 3.63) is 93.4 Å². The Balaban J connectivity index is 1.42. The zero-order valence-corrected chi connectivity index (χ0v) is 19.8. The van der Waals surface area contributed by atoms with Gasteiger partial charge in [0.05, 0.1) is 18.9 Å². The molecular formula is C25H20BrClN2O4. The van der Waals surface area contributed by atoms with Crippen molar-refractivity contribution in [1.82, 2.24) is 5.43 Å². The SMILES string of the molecule is O=C1NN(c2ccccc2)C(=O)C1=Cc1cc(Br)ccc1OCCCOc1ccc(Cl)cc1. The minimum absolute atomic E-state index is 0.0351. The standard InChI is InChI=1S/C25H20BrClN2O4/c26-18-7-12-23(33-14-4-13-32-21-10-8-19(27)9-11-21)17(15-18)16-22-24(30)28-29(25(22)31)20-5-2-1-3-6-20/h1-3,5-12,15-16H,4,13-14H2,(H,28,30). The van der Waals surface area contributed by atoms with E-state index in [2.05, 4.69) is 21.4 Å². The molecule has 0 spiro atoms. The normalized spacial score (nSPS) is 14.5. The minimum Gasteiger partial charge on any atom is -0.493 e. The van der Waals surface area contributed by atoms with Crippen molar-refractivity contribution >= 4 is 51.1 Å². The molecule has 3 aromatic carbocycles. The van der Waals surface area contributed by atoms with E-state index in [1.165, 1.54) is 5.01 Å². The van der Waals surface area contributed by atoms with Gasteiger partial charge in [-0.2, -0.15) is 0 Å². The van der Waals surface area contributed by atoms with E-state index in [-0.39, 0.29) is 5.57 Å². The molecule has 33 heavy (non-hydrogen) atoms. The monoisotopic (exact) mass is 526 g/mol. The molecule has 0 aliphatic carbocycles. The molecule has 4 rings (SSSR count). The van der Waals surface area contributed by atoms with Crippen molar-refractivity contribution in [1.29, 1.82) is 0 Å². The van der Waals surface area contributed by atoms with Crippen LogP contribution >= 0.6 is 27.5 Å². The summed E-state index contributed by atoms with van der Waals surface area (Å²) in [7, 11) is 0. The minimum atomic E-state index is -0.467. The van der Waals surface area contributed by atoms with Gasteiger partial charge in [0.15, 0.2) is 0 Å². The first kappa shape index (κ1) is 22.9. The van der Waals surface area contributed by atoms with Crippen molar-refractivity contribution < 1.29 is 19.1 Å². The number of para-hydroxylation sites is 1. The van der Waals surface area contributed by atoms with Crippen LogP contribution in [0.2, 0.25) is 5.02 Å². The molecule has 1 fully saturated rings. The van der Waals surface area contributed by atoms with Gasteiger partial charge in [0, 0.05) is 21.5 Å². The number of halogens is 2. The number of ether oxygens (including phenoxy) is 2. The number of amides is 2. The third-order valence-electron chi connectivity index (χ3n) is 4.81. The Bertz CT molecular complexity index is 1180. The number of carbonyl (C=O) groups is 2. The summed E-state index contributed by atoms with van der Waals surface area (Å²) in [5, 5.41) is 1.89. The predicted octanol–water partition coefficient (Wildman–Crippen LogP) is 5.41. The van der Waals surface area contributed by atoms with Gasteiger partial charge in [-0.3, -0.25) is 15.0 Å². The van der Waals surface area contributed by atoms with Crippen LogP contribution in [0.25, 0.3) is 6.08 Å². The molecule has 6 nitrogen and oxygen atoms in total. The highest BCUT2D eigenvalue weighted by Crippen LogP contribution is 2.28. The zero-order valence-electron chi connectivity index (χ0n) is 17.5. The van der Waals surface area contributed by atoms with Crippen LogP contribution in [0.15, 0.2) is 82.8 Å². The quantitative estimate of drug-likeness (QED) is 0.242. The smallest absolute Gasteiger partial charge is 0.282 e. The summed E-state index contributed by atoms with van der Waals surface area (Å²) < 4.78 is 12.4. The van der Waals surface area contributed by atoms with Crippen LogP contribution in [0.5, 0.6) is 11.5 Å². The highest BCUT2D eigenvalue weighted by atomic mass is 79.9. The molecule has 0 bridgehead atoms. The van der Waals surface area contributed by atoms with E-state index in [9.17, 15) is 9.59 Å². The molecule has 1 aliphatic rings. The fraction of sp³-hybridized carbons (Fsp3) is 0.120. The molecule has 0 radical (unpaired) electrons. The summed E-state index contributed by atoms with van der Waals surface area (Å²) in [5.41, 5.74) is 3.85. The summed E-state index contributed by atoms with van der Waals surface area (Å²) in [5.74, 6) is 0.415. The topological polar surface area (TPSA) is 67.9 Å². The molecule has 168 valence electrons. The van der Waals surface area contributed by atoms with Gasteiger partial charge in [0.1, 0.15) is 17.1 Å². The third kappa shape index (κ3) is 5.74. The van der Waals surface area contributed by atoms with E-state index in [0.29, 0.717) is 41.7 Å². The van der Waals surface area contributed by atoms with Gasteiger partial charge >= 0.3 is 0 Å². The van der Waals surface area contributed by atoms with Gasteiger partial charge in [-0.25, -0.2) is 5.01 Å². The highest BCUT2D eigenvalue weighted by molar-refractivity contribution is 9.10. The molecular weight excluding hydrogens is 508 g/mol. The molecule has 0 unspecified atom stereocenters. The Kier molecular flexibility index (Phi) is 7.32. The second kappa shape index (κ2) is 10.6. The fourth-order valence-electron chi connectivity index (χ4n) is 3.20. The van der Waals surface area contributed by atoms with E-state index in [1.807, 2.05) is 24.3 Å². The van der Waals surface area contributed by atoms with Crippen molar-refractivity contribution in [3.63, 3.8) is 0 Å². The molecule has 0 aromatic heterocycles. The Morgan fingerprint density at radius 3 is 2.42 bits per heavy atom. The summed E-state index contributed by atoms with van der Waals surface area (Å²) in [6.07, 6.45) is 2.20. The number of hydrogen-bond acceptors (Lipinski definition) is 4. The summed E-state index contributed by atoms with van der Waals surface area (Å²) in [6, 6.07) is 21.5. The number of carbonyl (C=O) groups excluding carboxylic acids is 2. The van der Waals surface area contributed by atoms with E-state index in [4.69, 9.17) is 21.1 Å². The van der Waals surface area contributed by atoms with E-state index in [1.54, 1.807) is 54.6 Å². The van der Waals surface area contributed by atoms with Crippen LogP contribution in [0, 0.1) is 0 Å². The molecule has 0 atom stereocenters. The van der Waals surface area contributed by atoms with Gasteiger partial charge in [0.2, 0.25) is 0 Å². The number of rotatable bonds is 8. The average molecular weight is 528 g/mol. The maximum Gasteiger partial charge on any atom is 0.282 e. The van der Waals surface area contributed by atoms with E-state index < -0.39 is 11.8 Å². The number of nitrogens with zero attached hydrogens (tertiary/aromatic N) is 1. The van der Waals surface area contributed by atoms with Crippen LogP contribution < -0.4 is 19.9 Å². The Hall–Kier alpha value is -3.29. The number of nitrogens with one attached hydrogen (secondary N) is 1. The van der Waals surface area contributed by atoms with Gasteiger partial charge in [-0.05, 0) is 60.7 Å². The summed E-state index contributed by atoms with van der Waals surface area (Å²) in [4.78, 5) is 25.4. The molecule has 0 saturated carbocycles. The van der Waals surface area contributed by atoms with Crippen LogP contribution in [-0.2, 0) is 9.59 Å². The first-order valence-electron chi connectivity index (χ1n) is 10.2. The third-order valence-corrected chi connectivity index (χ3v) is 5.55. The lowest BCUT2D eigenvalue weighted by Crippen LogP contribution is -2.35.